The summed E-state index contributed by atoms with van der Waals surface area (Å²) in [5, 5.41) is 50.7. The van der Waals surface area contributed by atoms with E-state index in [9.17, 15) is 49.5 Å². The summed E-state index contributed by atoms with van der Waals surface area (Å²) in [5.41, 5.74) is 1.79. The molecule has 16 heteroatoms. The summed E-state index contributed by atoms with van der Waals surface area (Å²) in [6, 6.07) is 16.0. The molecular formula is C39H49N3O13. The Bertz CT molecular complexity index is 1630. The molecule has 0 bridgehead atoms. The molecule has 55 heavy (non-hydrogen) atoms. The summed E-state index contributed by atoms with van der Waals surface area (Å²) >= 11 is 0. The van der Waals surface area contributed by atoms with Crippen LogP contribution in [-0.2, 0) is 43.2 Å². The normalized spacial score (nSPS) is 12.9. The topological polar surface area (TPSA) is 224 Å². The zero-order valence-corrected chi connectivity index (χ0v) is 31.1. The van der Waals surface area contributed by atoms with E-state index in [1.54, 1.807) is 72.8 Å². The molecule has 0 aliphatic heterocycles. The second kappa shape index (κ2) is 21.9. The summed E-state index contributed by atoms with van der Waals surface area (Å²) in [5.74, 6) is -4.75. The Labute approximate surface area is 319 Å². The van der Waals surface area contributed by atoms with Crippen LogP contribution in [0.1, 0.15) is 23.6 Å². The van der Waals surface area contributed by atoms with Gasteiger partial charge in [-0.05, 0) is 79.3 Å². The van der Waals surface area contributed by atoms with Crippen LogP contribution >= 0.6 is 0 Å². The number of carbonyl (C=O) groups is 5. The molecule has 3 rings (SSSR count). The highest BCUT2D eigenvalue weighted by Crippen LogP contribution is 2.21. The van der Waals surface area contributed by atoms with Crippen molar-refractivity contribution in [1.29, 1.82) is 0 Å². The number of aliphatic carboxylic acids is 5. The lowest BCUT2D eigenvalue weighted by atomic mass is 9.98. The molecule has 0 heterocycles. The van der Waals surface area contributed by atoms with E-state index in [-0.39, 0.29) is 45.4 Å². The third-order valence-corrected chi connectivity index (χ3v) is 9.01. The van der Waals surface area contributed by atoms with Gasteiger partial charge in [0.05, 0.1) is 33.9 Å². The number of hydrogen-bond donors (Lipinski definition) is 5. The van der Waals surface area contributed by atoms with Gasteiger partial charge in [-0.3, -0.25) is 38.7 Å². The van der Waals surface area contributed by atoms with E-state index in [2.05, 4.69) is 0 Å². The van der Waals surface area contributed by atoms with Gasteiger partial charge in [-0.2, -0.15) is 0 Å². The Balaban J connectivity index is 1.93. The fraction of sp³-hybridized carbons (Fsp3) is 0.410. The Morgan fingerprint density at radius 3 is 1.27 bits per heavy atom. The molecule has 0 fully saturated rings. The largest absolute Gasteiger partial charge is 0.497 e. The van der Waals surface area contributed by atoms with Crippen LogP contribution in [0.3, 0.4) is 0 Å². The summed E-state index contributed by atoms with van der Waals surface area (Å²) in [6.07, 6.45) is -0.245. The minimum absolute atomic E-state index is 0.0565. The molecule has 0 amide bonds. The first kappa shape index (κ1) is 43.7. The van der Waals surface area contributed by atoms with Crippen molar-refractivity contribution in [1.82, 2.24) is 14.7 Å². The zero-order chi connectivity index (χ0) is 40.5. The number of ether oxygens (including phenoxy) is 3. The Morgan fingerprint density at radius 1 is 0.527 bits per heavy atom. The second-order valence-corrected chi connectivity index (χ2v) is 12.7. The van der Waals surface area contributed by atoms with Crippen molar-refractivity contribution < 1.29 is 63.7 Å². The average Bonchev–Trinajstić information content (AvgIpc) is 3.15. The molecule has 0 saturated heterocycles. The first-order chi connectivity index (χ1) is 26.2. The molecule has 298 valence electrons. The van der Waals surface area contributed by atoms with Gasteiger partial charge in [-0.1, -0.05) is 36.4 Å². The fourth-order valence-electron chi connectivity index (χ4n) is 6.18. The number of methoxy groups -OCH3 is 2. The summed E-state index contributed by atoms with van der Waals surface area (Å²) < 4.78 is 15.9. The van der Waals surface area contributed by atoms with Gasteiger partial charge >= 0.3 is 29.8 Å². The lowest BCUT2D eigenvalue weighted by Gasteiger charge is -2.36. The quantitative estimate of drug-likeness (QED) is 0.0792. The summed E-state index contributed by atoms with van der Waals surface area (Å²) in [4.78, 5) is 66.2. The number of nitrogens with zero attached hydrogens (tertiary/aromatic N) is 3. The van der Waals surface area contributed by atoms with Gasteiger partial charge < -0.3 is 39.7 Å². The Hall–Kier alpha value is -5.71. The van der Waals surface area contributed by atoms with Crippen molar-refractivity contribution in [3.63, 3.8) is 0 Å². The second-order valence-electron chi connectivity index (χ2n) is 12.7. The molecule has 3 atom stereocenters. The highest BCUT2D eigenvalue weighted by atomic mass is 16.5. The SMILES string of the molecule is CCOc1ccc(CC(C(=O)O)N(CCN(CCN(C(Cc2ccc(OC)cc2)C(=O)O)C(Cc2ccc(OC)cc2)C(=O)O)CC(=O)O)CC(=O)O)cc1. The zero-order valence-electron chi connectivity index (χ0n) is 31.1. The highest BCUT2D eigenvalue weighted by Gasteiger charge is 2.36. The van der Waals surface area contributed by atoms with Crippen LogP contribution in [0, 0.1) is 0 Å². The van der Waals surface area contributed by atoms with Crippen molar-refractivity contribution in [2.45, 2.75) is 44.3 Å². The van der Waals surface area contributed by atoms with Crippen molar-refractivity contribution in [2.24, 2.45) is 0 Å². The van der Waals surface area contributed by atoms with Gasteiger partial charge in [-0.15, -0.1) is 0 Å². The molecule has 0 aliphatic carbocycles. The molecule has 0 spiro atoms. The van der Waals surface area contributed by atoms with Gasteiger partial charge in [0, 0.05) is 26.2 Å². The van der Waals surface area contributed by atoms with Crippen molar-refractivity contribution in [3.05, 3.63) is 89.5 Å². The van der Waals surface area contributed by atoms with E-state index >= 15 is 0 Å². The van der Waals surface area contributed by atoms with E-state index < -0.39 is 61.1 Å². The molecule has 5 N–H and O–H groups in total. The predicted octanol–water partition coefficient (Wildman–Crippen LogP) is 2.57. The molecule has 16 nitrogen and oxygen atoms in total. The molecular weight excluding hydrogens is 718 g/mol. The van der Waals surface area contributed by atoms with E-state index in [0.29, 0.717) is 40.5 Å². The Kier molecular flexibility index (Phi) is 17.4. The van der Waals surface area contributed by atoms with Crippen LogP contribution < -0.4 is 14.2 Å². The number of benzene rings is 3. The van der Waals surface area contributed by atoms with Crippen molar-refractivity contribution >= 4 is 29.8 Å². The predicted molar refractivity (Wildman–Crippen MR) is 199 cm³/mol. The van der Waals surface area contributed by atoms with E-state index in [4.69, 9.17) is 14.2 Å². The number of carboxylic acid groups (broad SMARTS) is 5. The van der Waals surface area contributed by atoms with Crippen molar-refractivity contribution in [3.8, 4) is 17.2 Å². The van der Waals surface area contributed by atoms with E-state index in [1.807, 2.05) is 6.92 Å². The van der Waals surface area contributed by atoms with Crippen LogP contribution in [0.2, 0.25) is 0 Å². The van der Waals surface area contributed by atoms with Crippen molar-refractivity contribution in [2.75, 3.05) is 60.1 Å². The first-order valence-electron chi connectivity index (χ1n) is 17.6. The van der Waals surface area contributed by atoms with Gasteiger partial charge in [0.25, 0.3) is 0 Å². The van der Waals surface area contributed by atoms with Gasteiger partial charge in [-0.25, -0.2) is 0 Å². The van der Waals surface area contributed by atoms with Gasteiger partial charge in [0.15, 0.2) is 0 Å². The summed E-state index contributed by atoms with van der Waals surface area (Å²) in [6.45, 7) is 0.341. The molecule has 3 unspecified atom stereocenters. The van der Waals surface area contributed by atoms with Crippen LogP contribution in [0.4, 0.5) is 0 Å². The summed E-state index contributed by atoms with van der Waals surface area (Å²) in [7, 11) is 2.97. The first-order valence-corrected chi connectivity index (χ1v) is 17.6. The molecule has 3 aromatic carbocycles. The molecule has 3 aromatic rings. The van der Waals surface area contributed by atoms with Crippen LogP contribution in [-0.4, -0.2) is 148 Å². The lowest BCUT2D eigenvalue weighted by Crippen LogP contribution is -2.55. The van der Waals surface area contributed by atoms with E-state index in [1.165, 1.54) is 28.9 Å². The number of rotatable bonds is 26. The number of hydrogen-bond acceptors (Lipinski definition) is 11. The fourth-order valence-corrected chi connectivity index (χ4v) is 6.18. The molecule has 0 aliphatic rings. The van der Waals surface area contributed by atoms with Gasteiger partial charge in [0.1, 0.15) is 35.4 Å². The standard InChI is InChI=1S/C39H49N3O13/c1-4-55-31-15-9-26(10-16-31)21-32(37(47)48)41(25-36(45)46)19-17-40(24-35(43)44)18-20-42(33(38(49)50)22-27-5-11-29(53-2)12-6-27)34(39(51)52)23-28-7-13-30(54-3)14-8-28/h5-16,32-34H,4,17-25H2,1-3H3,(H,43,44)(H,45,46)(H,47,48)(H,49,50)(H,51,52). The van der Waals surface area contributed by atoms with Crippen LogP contribution in [0.15, 0.2) is 72.8 Å². The molecule has 0 saturated carbocycles. The molecule has 0 aromatic heterocycles. The van der Waals surface area contributed by atoms with Crippen LogP contribution in [0.25, 0.3) is 0 Å². The van der Waals surface area contributed by atoms with E-state index in [0.717, 1.165) is 0 Å². The maximum Gasteiger partial charge on any atom is 0.321 e. The third kappa shape index (κ3) is 14.2. The van der Waals surface area contributed by atoms with Crippen LogP contribution in [0.5, 0.6) is 17.2 Å². The smallest absolute Gasteiger partial charge is 0.321 e. The molecule has 0 radical (unpaired) electrons. The Morgan fingerprint density at radius 2 is 0.909 bits per heavy atom. The lowest BCUT2D eigenvalue weighted by molar-refractivity contribution is -0.151. The minimum Gasteiger partial charge on any atom is -0.497 e. The minimum atomic E-state index is -1.37. The maximum atomic E-state index is 12.9. The highest BCUT2D eigenvalue weighted by molar-refractivity contribution is 5.78. The van der Waals surface area contributed by atoms with Gasteiger partial charge in [0.2, 0.25) is 0 Å². The third-order valence-electron chi connectivity index (χ3n) is 9.01. The number of carboxylic acids is 5. The monoisotopic (exact) mass is 767 g/mol. The maximum absolute atomic E-state index is 12.9. The average molecular weight is 768 g/mol.